The lowest BCUT2D eigenvalue weighted by Gasteiger charge is -2.21. The molecule has 0 bridgehead atoms. The van der Waals surface area contributed by atoms with Crippen molar-refractivity contribution in [3.63, 3.8) is 0 Å². The zero-order valence-electron chi connectivity index (χ0n) is 23.4. The molecule has 214 valence electrons. The highest BCUT2D eigenvalue weighted by atomic mass is 16.3. The number of nitrogens with one attached hydrogen (secondary N) is 1. The molecule has 11 nitrogen and oxygen atoms in total. The molecule has 11 heteroatoms. The fraction of sp³-hybridized carbons (Fsp3) is 0.323. The van der Waals surface area contributed by atoms with Gasteiger partial charge in [-0.2, -0.15) is 5.26 Å². The number of anilines is 2. The summed E-state index contributed by atoms with van der Waals surface area (Å²) in [5.41, 5.74) is 9.71. The zero-order chi connectivity index (χ0) is 29.2. The molecule has 1 aromatic carbocycles. The van der Waals surface area contributed by atoms with Crippen LogP contribution >= 0.6 is 0 Å². The number of aliphatic hydroxyl groups excluding tert-OH is 1. The lowest BCUT2D eigenvalue weighted by atomic mass is 10.0. The van der Waals surface area contributed by atoms with E-state index >= 15 is 0 Å². The number of carbonyl (C=O) groups is 1. The fourth-order valence-corrected chi connectivity index (χ4v) is 5.53. The van der Waals surface area contributed by atoms with Crippen LogP contribution in [0, 0.1) is 11.3 Å². The first-order chi connectivity index (χ1) is 20.4. The molecule has 0 radical (unpaired) electrons. The van der Waals surface area contributed by atoms with E-state index in [1.165, 1.54) is 31.4 Å². The fourth-order valence-electron chi connectivity index (χ4n) is 5.53. The summed E-state index contributed by atoms with van der Waals surface area (Å²) in [5, 5.41) is 23.4. The maximum Gasteiger partial charge on any atom is 0.256 e. The second-order valence-corrected chi connectivity index (χ2v) is 10.9. The Kier molecular flexibility index (Phi) is 7.67. The molecule has 2 aliphatic rings. The minimum absolute atomic E-state index is 0.106. The molecule has 3 aromatic heterocycles. The van der Waals surface area contributed by atoms with E-state index < -0.39 is 6.23 Å². The molecule has 0 spiro atoms. The maximum atomic E-state index is 12.8. The van der Waals surface area contributed by atoms with Gasteiger partial charge < -0.3 is 20.7 Å². The van der Waals surface area contributed by atoms with Gasteiger partial charge >= 0.3 is 0 Å². The van der Waals surface area contributed by atoms with Crippen molar-refractivity contribution >= 4 is 28.6 Å². The van der Waals surface area contributed by atoms with Gasteiger partial charge in [0.15, 0.2) is 0 Å². The Bertz CT molecular complexity index is 1670. The molecule has 4 heterocycles. The summed E-state index contributed by atoms with van der Waals surface area (Å²) in [7, 11) is 2.12. The third-order valence-electron chi connectivity index (χ3n) is 8.06. The van der Waals surface area contributed by atoms with Crippen LogP contribution in [-0.4, -0.2) is 79.3 Å². The molecule has 1 saturated heterocycles. The number of pyridine rings is 1. The SMILES string of the molecule is CN(C/C=C/C(O)N1CC[C@@H](n2cc(-c3ccc(C(=O)Nc4cc(C#N)ccn4)cc3)c3c(N)ncnc32)C1)C1CC1. The molecule has 6 rings (SSSR count). The highest BCUT2D eigenvalue weighted by Crippen LogP contribution is 2.36. The van der Waals surface area contributed by atoms with Crippen LogP contribution in [0.25, 0.3) is 22.2 Å². The minimum atomic E-state index is -0.639. The predicted octanol–water partition coefficient (Wildman–Crippen LogP) is 3.42. The maximum absolute atomic E-state index is 12.8. The third-order valence-corrected chi connectivity index (χ3v) is 8.06. The van der Waals surface area contributed by atoms with Gasteiger partial charge in [0, 0.05) is 55.2 Å². The largest absolute Gasteiger partial charge is 0.383 e. The Balaban J connectivity index is 1.19. The summed E-state index contributed by atoms with van der Waals surface area (Å²) < 4.78 is 2.13. The molecule has 2 fully saturated rings. The quantitative estimate of drug-likeness (QED) is 0.260. The van der Waals surface area contributed by atoms with Gasteiger partial charge in [-0.15, -0.1) is 0 Å². The first-order valence-electron chi connectivity index (χ1n) is 14.1. The van der Waals surface area contributed by atoms with Crippen LogP contribution in [0.2, 0.25) is 0 Å². The van der Waals surface area contributed by atoms with Crippen LogP contribution in [0.1, 0.15) is 41.2 Å². The zero-order valence-corrected chi connectivity index (χ0v) is 23.4. The number of amides is 1. The summed E-state index contributed by atoms with van der Waals surface area (Å²) in [6.45, 7) is 2.28. The lowest BCUT2D eigenvalue weighted by molar-refractivity contribution is 0.0583. The van der Waals surface area contributed by atoms with E-state index in [-0.39, 0.29) is 11.9 Å². The Hall–Kier alpha value is -4.63. The number of nitrogens with two attached hydrogens (primary N) is 1. The average molecular weight is 564 g/mol. The van der Waals surface area contributed by atoms with Gasteiger partial charge in [0.1, 0.15) is 29.8 Å². The van der Waals surface area contributed by atoms with Gasteiger partial charge in [0.05, 0.1) is 17.0 Å². The van der Waals surface area contributed by atoms with Gasteiger partial charge in [0.25, 0.3) is 5.91 Å². The van der Waals surface area contributed by atoms with Crippen molar-refractivity contribution in [3.05, 3.63) is 78.4 Å². The van der Waals surface area contributed by atoms with Crippen LogP contribution in [-0.2, 0) is 0 Å². The number of nitriles is 1. The summed E-state index contributed by atoms with van der Waals surface area (Å²) >= 11 is 0. The van der Waals surface area contributed by atoms with Gasteiger partial charge in [0.2, 0.25) is 0 Å². The summed E-state index contributed by atoms with van der Waals surface area (Å²) in [6.07, 6.45) is 11.7. The first kappa shape index (κ1) is 27.5. The molecule has 42 heavy (non-hydrogen) atoms. The topological polar surface area (TPSA) is 149 Å². The number of nitrogen functional groups attached to an aromatic ring is 1. The Labute approximate surface area is 243 Å². The average Bonchev–Trinajstić information content (AvgIpc) is 3.61. The molecule has 1 amide bonds. The van der Waals surface area contributed by atoms with Crippen molar-refractivity contribution in [1.82, 2.24) is 29.3 Å². The number of likely N-dealkylation sites (N-methyl/N-ethyl adjacent to an activating group) is 1. The number of aromatic nitrogens is 4. The van der Waals surface area contributed by atoms with Crippen LogP contribution in [0.5, 0.6) is 0 Å². The van der Waals surface area contributed by atoms with E-state index in [0.29, 0.717) is 35.3 Å². The highest BCUT2D eigenvalue weighted by Gasteiger charge is 2.30. The molecule has 2 atom stereocenters. The minimum Gasteiger partial charge on any atom is -0.383 e. The molecule has 1 saturated carbocycles. The van der Waals surface area contributed by atoms with E-state index in [2.05, 4.69) is 47.8 Å². The van der Waals surface area contributed by atoms with E-state index in [4.69, 9.17) is 11.0 Å². The van der Waals surface area contributed by atoms with Crippen molar-refractivity contribution < 1.29 is 9.90 Å². The third kappa shape index (κ3) is 5.73. The van der Waals surface area contributed by atoms with E-state index in [0.717, 1.165) is 41.7 Å². The number of benzene rings is 1. The van der Waals surface area contributed by atoms with Gasteiger partial charge in [-0.1, -0.05) is 18.2 Å². The Morgan fingerprint density at radius 3 is 2.81 bits per heavy atom. The van der Waals surface area contributed by atoms with Crippen molar-refractivity contribution in [2.45, 2.75) is 37.6 Å². The van der Waals surface area contributed by atoms with Crippen LogP contribution in [0.4, 0.5) is 11.6 Å². The molecule has 1 aliphatic carbocycles. The van der Waals surface area contributed by atoms with Crippen molar-refractivity contribution in [2.75, 3.05) is 37.7 Å². The first-order valence-corrected chi connectivity index (χ1v) is 14.1. The second kappa shape index (κ2) is 11.7. The molecule has 4 N–H and O–H groups in total. The van der Waals surface area contributed by atoms with Crippen LogP contribution < -0.4 is 11.1 Å². The lowest BCUT2D eigenvalue weighted by Crippen LogP contribution is -2.32. The monoisotopic (exact) mass is 563 g/mol. The normalized spacial score (nSPS) is 18.1. The van der Waals surface area contributed by atoms with Crippen molar-refractivity contribution in [1.29, 1.82) is 5.26 Å². The number of likely N-dealkylation sites (tertiary alicyclic amines) is 1. The van der Waals surface area contributed by atoms with E-state index in [1.54, 1.807) is 18.2 Å². The predicted molar refractivity (Wildman–Crippen MR) is 160 cm³/mol. The van der Waals surface area contributed by atoms with Gasteiger partial charge in [-0.3, -0.25) is 14.6 Å². The number of aliphatic hydroxyl groups is 1. The van der Waals surface area contributed by atoms with Crippen LogP contribution in [0.15, 0.2) is 67.3 Å². The Morgan fingerprint density at radius 2 is 2.05 bits per heavy atom. The standard InChI is InChI=1S/C31H33N9O2/c1-38(23-8-9-23)13-2-3-27(41)39-14-11-24(17-39)40-18-25(28-29(33)35-19-36-30(28)40)21-4-6-22(7-5-21)31(42)37-26-15-20(16-32)10-12-34-26/h2-7,10,12,15,18-19,23-24,27,41H,8-9,11,13-14,17H2,1H3,(H2,33,35,36)(H,34,37,42)/b3-2+/t24-,27?/m1/s1. The number of nitrogens with zero attached hydrogens (tertiary/aromatic N) is 7. The van der Waals surface area contributed by atoms with Gasteiger partial charge in [-0.25, -0.2) is 15.0 Å². The molecule has 4 aromatic rings. The number of hydrogen-bond donors (Lipinski definition) is 3. The summed E-state index contributed by atoms with van der Waals surface area (Å²) in [5.74, 6) is 0.372. The molecular weight excluding hydrogens is 530 g/mol. The summed E-state index contributed by atoms with van der Waals surface area (Å²) in [4.78, 5) is 30.1. The Morgan fingerprint density at radius 1 is 1.24 bits per heavy atom. The van der Waals surface area contributed by atoms with Gasteiger partial charge in [-0.05, 0) is 62.2 Å². The van der Waals surface area contributed by atoms with E-state index in [9.17, 15) is 9.90 Å². The smallest absolute Gasteiger partial charge is 0.256 e. The molecule has 1 aliphatic heterocycles. The molecular formula is C31H33N9O2. The van der Waals surface area contributed by atoms with Crippen molar-refractivity contribution in [2.24, 2.45) is 0 Å². The number of hydrogen-bond acceptors (Lipinski definition) is 9. The highest BCUT2D eigenvalue weighted by molar-refractivity contribution is 6.05. The number of fused-ring (bicyclic) bond motifs is 1. The van der Waals surface area contributed by atoms with E-state index in [1.807, 2.05) is 30.5 Å². The second-order valence-electron chi connectivity index (χ2n) is 10.9. The van der Waals surface area contributed by atoms with Crippen LogP contribution in [0.3, 0.4) is 0 Å². The number of carbonyl (C=O) groups excluding carboxylic acids is 1. The molecule has 1 unspecified atom stereocenters. The summed E-state index contributed by atoms with van der Waals surface area (Å²) in [6, 6.07) is 13.1. The van der Waals surface area contributed by atoms with Crippen molar-refractivity contribution in [3.8, 4) is 17.2 Å². The number of rotatable bonds is 9.